The van der Waals surface area contributed by atoms with Gasteiger partial charge in [0.2, 0.25) is 0 Å². The Balaban J connectivity index is 1.95. The average molecular weight is 370 g/mol. The Kier molecular flexibility index (Phi) is 4.55. The number of benzene rings is 1. The first-order chi connectivity index (χ1) is 12.9. The van der Waals surface area contributed by atoms with Crippen LogP contribution in [0.3, 0.4) is 0 Å². The maximum absolute atomic E-state index is 14.5. The maximum atomic E-state index is 14.5. The van der Waals surface area contributed by atoms with Gasteiger partial charge in [-0.25, -0.2) is 28.7 Å². The summed E-state index contributed by atoms with van der Waals surface area (Å²) >= 11 is 0. The first-order valence-corrected chi connectivity index (χ1v) is 9.02. The van der Waals surface area contributed by atoms with E-state index >= 15 is 0 Å². The molecule has 1 aliphatic heterocycles. The molecule has 3 heterocycles. The standard InChI is InChI=1S/C20H20F2N4O/c1-10-8-13(6-7-27-10)19-25-17(15-5-4-14(21)9-16(15)22)18-20(26-19)24-12(3)11(2)23-18/h4-5,9-10,13H,6-8H2,1-3H3. The quantitative estimate of drug-likeness (QED) is 0.674. The molecule has 0 spiro atoms. The van der Waals surface area contributed by atoms with Gasteiger partial charge in [0.15, 0.2) is 5.65 Å². The lowest BCUT2D eigenvalue weighted by atomic mass is 9.95. The van der Waals surface area contributed by atoms with Gasteiger partial charge < -0.3 is 4.74 Å². The fourth-order valence-corrected chi connectivity index (χ4v) is 3.41. The van der Waals surface area contributed by atoms with E-state index in [9.17, 15) is 8.78 Å². The van der Waals surface area contributed by atoms with Crippen LogP contribution in [0.2, 0.25) is 0 Å². The predicted octanol–water partition coefficient (Wildman–Crippen LogP) is 4.26. The Bertz CT molecular complexity index is 1020. The highest BCUT2D eigenvalue weighted by Crippen LogP contribution is 2.33. The molecule has 7 heteroatoms. The van der Waals surface area contributed by atoms with Gasteiger partial charge >= 0.3 is 0 Å². The molecular weight excluding hydrogens is 350 g/mol. The molecule has 4 rings (SSSR count). The Morgan fingerprint density at radius 3 is 2.56 bits per heavy atom. The third kappa shape index (κ3) is 3.39. The third-order valence-corrected chi connectivity index (χ3v) is 5.00. The number of aromatic nitrogens is 4. The van der Waals surface area contributed by atoms with Crippen molar-refractivity contribution in [1.29, 1.82) is 0 Å². The van der Waals surface area contributed by atoms with Crippen molar-refractivity contribution in [3.8, 4) is 11.3 Å². The Hall–Kier alpha value is -2.54. The largest absolute Gasteiger partial charge is 0.378 e. The lowest BCUT2D eigenvalue weighted by molar-refractivity contribution is 0.0173. The molecule has 2 aromatic heterocycles. The minimum Gasteiger partial charge on any atom is -0.378 e. The van der Waals surface area contributed by atoms with Gasteiger partial charge in [-0.05, 0) is 45.7 Å². The molecule has 3 aromatic rings. The maximum Gasteiger partial charge on any atom is 0.182 e. The minimum atomic E-state index is -0.679. The van der Waals surface area contributed by atoms with Crippen molar-refractivity contribution in [2.75, 3.05) is 6.61 Å². The summed E-state index contributed by atoms with van der Waals surface area (Å²) in [6.07, 6.45) is 1.69. The fourth-order valence-electron chi connectivity index (χ4n) is 3.41. The molecule has 2 unspecified atom stereocenters. The van der Waals surface area contributed by atoms with Crippen molar-refractivity contribution in [1.82, 2.24) is 19.9 Å². The normalized spacial score (nSPS) is 20.2. The zero-order chi connectivity index (χ0) is 19.1. The minimum absolute atomic E-state index is 0.101. The summed E-state index contributed by atoms with van der Waals surface area (Å²) in [7, 11) is 0. The molecule has 1 fully saturated rings. The molecule has 1 aromatic carbocycles. The number of ether oxygens (including phenoxy) is 1. The molecule has 0 aliphatic carbocycles. The molecule has 0 radical (unpaired) electrons. The molecule has 1 saturated heterocycles. The third-order valence-electron chi connectivity index (χ3n) is 5.00. The lowest BCUT2D eigenvalue weighted by Crippen LogP contribution is -2.23. The highest BCUT2D eigenvalue weighted by Gasteiger charge is 2.26. The molecule has 1 aliphatic rings. The Morgan fingerprint density at radius 1 is 1.04 bits per heavy atom. The number of hydrogen-bond acceptors (Lipinski definition) is 5. The van der Waals surface area contributed by atoms with Crippen LogP contribution in [0.25, 0.3) is 22.4 Å². The molecule has 0 bridgehead atoms. The monoisotopic (exact) mass is 370 g/mol. The summed E-state index contributed by atoms with van der Waals surface area (Å²) in [5.41, 5.74) is 2.89. The summed E-state index contributed by atoms with van der Waals surface area (Å²) in [6.45, 7) is 6.34. The van der Waals surface area contributed by atoms with Crippen molar-refractivity contribution in [2.45, 2.75) is 45.6 Å². The summed E-state index contributed by atoms with van der Waals surface area (Å²) in [5, 5.41) is 0. The molecule has 0 saturated carbocycles. The molecule has 27 heavy (non-hydrogen) atoms. The number of halogens is 2. The van der Waals surface area contributed by atoms with Gasteiger partial charge in [-0.1, -0.05) is 0 Å². The van der Waals surface area contributed by atoms with E-state index in [4.69, 9.17) is 4.74 Å². The second kappa shape index (κ2) is 6.88. The molecule has 140 valence electrons. The Morgan fingerprint density at radius 2 is 1.81 bits per heavy atom. The summed E-state index contributed by atoms with van der Waals surface area (Å²) in [5.74, 6) is -0.606. The highest BCUT2D eigenvalue weighted by molar-refractivity contribution is 5.87. The van der Waals surface area contributed by atoms with Gasteiger partial charge in [0.1, 0.15) is 28.7 Å². The fraction of sp³-hybridized carbons (Fsp3) is 0.400. The second-order valence-corrected chi connectivity index (χ2v) is 7.02. The number of fused-ring (bicyclic) bond motifs is 1. The predicted molar refractivity (Wildman–Crippen MR) is 97.3 cm³/mol. The molecule has 0 N–H and O–H groups in total. The van der Waals surface area contributed by atoms with Gasteiger partial charge in [-0.15, -0.1) is 0 Å². The van der Waals surface area contributed by atoms with Gasteiger partial charge in [0, 0.05) is 24.2 Å². The lowest BCUT2D eigenvalue weighted by Gasteiger charge is -2.26. The van der Waals surface area contributed by atoms with Crippen LogP contribution in [0.5, 0.6) is 0 Å². The van der Waals surface area contributed by atoms with Crippen LogP contribution in [0.4, 0.5) is 8.78 Å². The average Bonchev–Trinajstić information content (AvgIpc) is 2.62. The van der Waals surface area contributed by atoms with Crippen molar-refractivity contribution in [3.63, 3.8) is 0 Å². The van der Waals surface area contributed by atoms with Crippen LogP contribution in [0, 0.1) is 25.5 Å². The van der Waals surface area contributed by atoms with Crippen LogP contribution < -0.4 is 0 Å². The van der Waals surface area contributed by atoms with Crippen LogP contribution in [-0.2, 0) is 4.74 Å². The topological polar surface area (TPSA) is 60.8 Å². The summed E-state index contributed by atoms with van der Waals surface area (Å²) < 4.78 is 33.5. The zero-order valence-corrected chi connectivity index (χ0v) is 15.5. The van der Waals surface area contributed by atoms with E-state index in [2.05, 4.69) is 19.9 Å². The molecule has 0 amide bonds. The van der Waals surface area contributed by atoms with Gasteiger partial charge in [-0.3, -0.25) is 0 Å². The van der Waals surface area contributed by atoms with E-state index in [1.807, 2.05) is 20.8 Å². The van der Waals surface area contributed by atoms with Crippen molar-refractivity contribution >= 4 is 11.2 Å². The molecule has 5 nitrogen and oxygen atoms in total. The first-order valence-electron chi connectivity index (χ1n) is 9.02. The van der Waals surface area contributed by atoms with E-state index in [0.717, 1.165) is 30.3 Å². The number of nitrogens with zero attached hydrogens (tertiary/aromatic N) is 4. The Labute approximate surface area is 155 Å². The van der Waals surface area contributed by atoms with E-state index in [1.54, 1.807) is 0 Å². The van der Waals surface area contributed by atoms with Crippen LogP contribution >= 0.6 is 0 Å². The van der Waals surface area contributed by atoms with Crippen molar-refractivity contribution < 1.29 is 13.5 Å². The zero-order valence-electron chi connectivity index (χ0n) is 15.5. The van der Waals surface area contributed by atoms with Gasteiger partial charge in [-0.2, -0.15) is 0 Å². The molecule has 2 atom stereocenters. The first kappa shape index (κ1) is 17.9. The summed E-state index contributed by atoms with van der Waals surface area (Å²) in [6, 6.07) is 3.46. The van der Waals surface area contributed by atoms with Crippen molar-refractivity contribution in [3.05, 3.63) is 47.0 Å². The van der Waals surface area contributed by atoms with Crippen LogP contribution in [0.1, 0.15) is 42.9 Å². The van der Waals surface area contributed by atoms with E-state index in [0.29, 0.717) is 29.3 Å². The smallest absolute Gasteiger partial charge is 0.182 e. The second-order valence-electron chi connectivity index (χ2n) is 7.02. The SMILES string of the molecule is Cc1nc2nc(C3CCOC(C)C3)nc(-c3ccc(F)cc3F)c2nc1C. The number of rotatable bonds is 2. The van der Waals surface area contributed by atoms with Gasteiger partial charge in [0.25, 0.3) is 0 Å². The van der Waals surface area contributed by atoms with Gasteiger partial charge in [0.05, 0.1) is 17.5 Å². The van der Waals surface area contributed by atoms with E-state index in [1.165, 1.54) is 12.1 Å². The van der Waals surface area contributed by atoms with Crippen LogP contribution in [0.15, 0.2) is 18.2 Å². The van der Waals surface area contributed by atoms with E-state index in [-0.39, 0.29) is 17.6 Å². The van der Waals surface area contributed by atoms with Crippen LogP contribution in [-0.4, -0.2) is 32.6 Å². The number of hydrogen-bond donors (Lipinski definition) is 0. The highest BCUT2D eigenvalue weighted by atomic mass is 19.1. The summed E-state index contributed by atoms with van der Waals surface area (Å²) in [4.78, 5) is 18.4. The molecular formula is C20H20F2N4O. The van der Waals surface area contributed by atoms with Crippen molar-refractivity contribution in [2.24, 2.45) is 0 Å². The van der Waals surface area contributed by atoms with E-state index < -0.39 is 11.6 Å². The number of aryl methyl sites for hydroxylation is 2.